The fraction of sp³-hybridized carbons (Fsp3) is 0.652. The SMILES string of the molecule is CC(C)CN1CCC(C2(Cc3ccccc3Cl)NC(=O)N(CC3CC3)C2=O)CC1. The monoisotopic (exact) mass is 417 g/mol. The first-order valence-electron chi connectivity index (χ1n) is 11.0. The highest BCUT2D eigenvalue weighted by molar-refractivity contribution is 6.31. The number of carbonyl (C=O) groups is 2. The largest absolute Gasteiger partial charge is 0.325 e. The van der Waals surface area contributed by atoms with E-state index in [2.05, 4.69) is 24.1 Å². The number of amides is 3. The molecule has 1 N–H and O–H groups in total. The van der Waals surface area contributed by atoms with Gasteiger partial charge >= 0.3 is 6.03 Å². The zero-order valence-corrected chi connectivity index (χ0v) is 18.3. The quantitative estimate of drug-likeness (QED) is 0.683. The van der Waals surface area contributed by atoms with Crippen LogP contribution in [0.3, 0.4) is 0 Å². The van der Waals surface area contributed by atoms with E-state index in [0.717, 1.165) is 50.9 Å². The first kappa shape index (κ1) is 20.7. The molecule has 0 spiro atoms. The Kier molecular flexibility index (Phi) is 5.90. The molecular weight excluding hydrogens is 386 g/mol. The van der Waals surface area contributed by atoms with Crippen molar-refractivity contribution in [3.63, 3.8) is 0 Å². The highest BCUT2D eigenvalue weighted by Gasteiger charge is 2.56. The molecule has 1 aliphatic carbocycles. The van der Waals surface area contributed by atoms with E-state index in [1.165, 1.54) is 4.90 Å². The minimum Gasteiger partial charge on any atom is -0.322 e. The number of benzene rings is 1. The van der Waals surface area contributed by atoms with Gasteiger partial charge in [-0.1, -0.05) is 43.6 Å². The van der Waals surface area contributed by atoms with Crippen molar-refractivity contribution < 1.29 is 9.59 Å². The Labute approximate surface area is 178 Å². The van der Waals surface area contributed by atoms with Gasteiger partial charge in [-0.3, -0.25) is 9.69 Å². The molecule has 29 heavy (non-hydrogen) atoms. The Morgan fingerprint density at radius 3 is 2.45 bits per heavy atom. The summed E-state index contributed by atoms with van der Waals surface area (Å²) < 4.78 is 0. The van der Waals surface area contributed by atoms with Crippen molar-refractivity contribution in [2.24, 2.45) is 17.8 Å². The summed E-state index contributed by atoms with van der Waals surface area (Å²) in [5.74, 6) is 1.19. The van der Waals surface area contributed by atoms with Crippen LogP contribution in [0.2, 0.25) is 5.02 Å². The van der Waals surface area contributed by atoms with Crippen molar-refractivity contribution in [3.05, 3.63) is 34.9 Å². The second-order valence-corrected chi connectivity index (χ2v) is 9.90. The fourth-order valence-electron chi connectivity index (χ4n) is 4.98. The van der Waals surface area contributed by atoms with Crippen molar-refractivity contribution in [2.75, 3.05) is 26.2 Å². The van der Waals surface area contributed by atoms with Crippen molar-refractivity contribution in [3.8, 4) is 0 Å². The summed E-state index contributed by atoms with van der Waals surface area (Å²) in [6.07, 6.45) is 4.53. The van der Waals surface area contributed by atoms with Gasteiger partial charge in [-0.25, -0.2) is 4.79 Å². The molecule has 2 heterocycles. The van der Waals surface area contributed by atoms with Crippen molar-refractivity contribution in [1.82, 2.24) is 15.1 Å². The number of piperidine rings is 1. The molecule has 3 amide bonds. The van der Waals surface area contributed by atoms with Gasteiger partial charge in [-0.15, -0.1) is 0 Å². The molecule has 1 aromatic carbocycles. The molecule has 0 radical (unpaired) electrons. The molecule has 4 rings (SSSR count). The smallest absolute Gasteiger partial charge is 0.322 e. The second kappa shape index (κ2) is 8.27. The highest BCUT2D eigenvalue weighted by atomic mass is 35.5. The Morgan fingerprint density at radius 2 is 1.83 bits per heavy atom. The normalized spacial score (nSPS) is 26.4. The lowest BCUT2D eigenvalue weighted by Crippen LogP contribution is -2.57. The van der Waals surface area contributed by atoms with Crippen LogP contribution in [0, 0.1) is 17.8 Å². The van der Waals surface area contributed by atoms with Crippen LogP contribution >= 0.6 is 11.6 Å². The number of nitrogens with one attached hydrogen (secondary N) is 1. The van der Waals surface area contributed by atoms with Crippen LogP contribution in [0.25, 0.3) is 0 Å². The van der Waals surface area contributed by atoms with E-state index in [-0.39, 0.29) is 17.9 Å². The third-order valence-electron chi connectivity index (χ3n) is 6.67. The number of rotatable bonds is 7. The number of carbonyl (C=O) groups excluding carboxylic acids is 2. The minimum absolute atomic E-state index is 0.0448. The van der Waals surface area contributed by atoms with Gasteiger partial charge in [0.2, 0.25) is 0 Å². The van der Waals surface area contributed by atoms with Crippen LogP contribution in [-0.2, 0) is 11.2 Å². The maximum atomic E-state index is 13.7. The maximum absolute atomic E-state index is 13.7. The fourth-order valence-corrected chi connectivity index (χ4v) is 5.18. The van der Waals surface area contributed by atoms with Gasteiger partial charge in [0, 0.05) is 24.5 Å². The Bertz CT molecular complexity index is 771. The average Bonchev–Trinajstić information content (AvgIpc) is 3.47. The predicted octanol–water partition coefficient (Wildman–Crippen LogP) is 3.95. The standard InChI is InChI=1S/C23H32ClN3O2/c1-16(2)14-26-11-9-19(10-12-26)23(13-18-5-3-4-6-20(18)24)21(28)27(22(29)25-23)15-17-7-8-17/h3-6,16-17,19H,7-15H2,1-2H3,(H,25,29). The number of likely N-dealkylation sites (tertiary alicyclic amines) is 1. The van der Waals surface area contributed by atoms with E-state index < -0.39 is 5.54 Å². The Morgan fingerprint density at radius 1 is 1.14 bits per heavy atom. The topological polar surface area (TPSA) is 52.7 Å². The van der Waals surface area contributed by atoms with Crippen LogP contribution in [0.5, 0.6) is 0 Å². The van der Waals surface area contributed by atoms with E-state index in [1.54, 1.807) is 0 Å². The molecule has 1 atom stereocenters. The summed E-state index contributed by atoms with van der Waals surface area (Å²) >= 11 is 6.45. The lowest BCUT2D eigenvalue weighted by Gasteiger charge is -2.41. The summed E-state index contributed by atoms with van der Waals surface area (Å²) in [7, 11) is 0. The van der Waals surface area contributed by atoms with Crippen molar-refractivity contribution in [1.29, 1.82) is 0 Å². The van der Waals surface area contributed by atoms with Gasteiger partial charge in [0.25, 0.3) is 5.91 Å². The lowest BCUT2D eigenvalue weighted by molar-refractivity contribution is -0.134. The van der Waals surface area contributed by atoms with Gasteiger partial charge < -0.3 is 10.2 Å². The average molecular weight is 418 g/mol. The lowest BCUT2D eigenvalue weighted by atomic mass is 9.73. The molecule has 1 aromatic rings. The summed E-state index contributed by atoms with van der Waals surface area (Å²) in [5, 5.41) is 3.82. The molecule has 2 saturated heterocycles. The van der Waals surface area contributed by atoms with E-state index >= 15 is 0 Å². The summed E-state index contributed by atoms with van der Waals surface area (Å²) in [6, 6.07) is 7.46. The number of hydrogen-bond acceptors (Lipinski definition) is 3. The van der Waals surface area contributed by atoms with E-state index in [1.807, 2.05) is 24.3 Å². The molecule has 1 saturated carbocycles. The van der Waals surface area contributed by atoms with Gasteiger partial charge in [0.1, 0.15) is 5.54 Å². The molecule has 6 heteroatoms. The molecular formula is C23H32ClN3O2. The molecule has 2 aliphatic heterocycles. The van der Waals surface area contributed by atoms with E-state index in [9.17, 15) is 9.59 Å². The molecule has 158 valence electrons. The zero-order valence-electron chi connectivity index (χ0n) is 17.5. The van der Waals surface area contributed by atoms with Gasteiger partial charge in [0.05, 0.1) is 0 Å². The molecule has 3 fully saturated rings. The summed E-state index contributed by atoms with van der Waals surface area (Å²) in [6.45, 7) is 8.06. The van der Waals surface area contributed by atoms with Gasteiger partial charge in [0.15, 0.2) is 0 Å². The van der Waals surface area contributed by atoms with E-state index in [0.29, 0.717) is 29.8 Å². The predicted molar refractivity (Wildman–Crippen MR) is 115 cm³/mol. The Hall–Kier alpha value is -1.59. The zero-order chi connectivity index (χ0) is 20.6. The molecule has 5 nitrogen and oxygen atoms in total. The molecule has 0 aromatic heterocycles. The molecule has 0 bridgehead atoms. The maximum Gasteiger partial charge on any atom is 0.325 e. The van der Waals surface area contributed by atoms with Crippen molar-refractivity contribution in [2.45, 2.75) is 51.5 Å². The number of halogens is 1. The van der Waals surface area contributed by atoms with Crippen LogP contribution in [0.15, 0.2) is 24.3 Å². The highest BCUT2D eigenvalue weighted by Crippen LogP contribution is 2.39. The number of nitrogens with zero attached hydrogens (tertiary/aromatic N) is 2. The molecule has 3 aliphatic rings. The first-order chi connectivity index (χ1) is 13.9. The van der Waals surface area contributed by atoms with Crippen molar-refractivity contribution >= 4 is 23.5 Å². The second-order valence-electron chi connectivity index (χ2n) is 9.50. The minimum atomic E-state index is -0.874. The van der Waals surface area contributed by atoms with Crippen LogP contribution in [0.1, 0.15) is 45.1 Å². The van der Waals surface area contributed by atoms with E-state index in [4.69, 9.17) is 11.6 Å². The first-order valence-corrected chi connectivity index (χ1v) is 11.4. The third kappa shape index (κ3) is 4.31. The number of imide groups is 1. The van der Waals surface area contributed by atoms with Gasteiger partial charge in [-0.05, 0) is 68.2 Å². The Balaban J connectivity index is 1.59. The third-order valence-corrected chi connectivity index (χ3v) is 7.04. The van der Waals surface area contributed by atoms with Crippen LogP contribution in [0.4, 0.5) is 4.79 Å². The molecule has 1 unspecified atom stereocenters. The number of hydrogen-bond donors (Lipinski definition) is 1. The van der Waals surface area contributed by atoms with Crippen LogP contribution in [-0.4, -0.2) is 53.5 Å². The number of urea groups is 1. The van der Waals surface area contributed by atoms with Gasteiger partial charge in [-0.2, -0.15) is 0 Å². The summed E-state index contributed by atoms with van der Waals surface area (Å²) in [5.41, 5.74) is 0.0571. The van der Waals surface area contributed by atoms with Crippen LogP contribution < -0.4 is 5.32 Å². The summed E-state index contributed by atoms with van der Waals surface area (Å²) in [4.78, 5) is 30.5.